The summed E-state index contributed by atoms with van der Waals surface area (Å²) in [5.74, 6) is 0.693. The normalized spacial score (nSPS) is 33.9. The Morgan fingerprint density at radius 1 is 1.35 bits per heavy atom. The molecule has 0 unspecified atom stereocenters. The van der Waals surface area contributed by atoms with Gasteiger partial charge < -0.3 is 4.74 Å². The van der Waals surface area contributed by atoms with E-state index in [1.807, 2.05) is 30.3 Å². The molecule has 3 atom stereocenters. The van der Waals surface area contributed by atoms with Crippen LogP contribution in [0.15, 0.2) is 42.5 Å². The fraction of sp³-hybridized carbons (Fsp3) is 0.400. The van der Waals surface area contributed by atoms with Gasteiger partial charge in [0, 0.05) is 5.92 Å². The Bertz CT molecular complexity index is 463. The number of esters is 1. The summed E-state index contributed by atoms with van der Waals surface area (Å²) in [5.41, 5.74) is 0.705. The van der Waals surface area contributed by atoms with Crippen LogP contribution in [0.3, 0.4) is 0 Å². The minimum Gasteiger partial charge on any atom is -0.468 e. The van der Waals surface area contributed by atoms with Crippen molar-refractivity contribution in [3.05, 3.63) is 48.0 Å². The summed E-state index contributed by atoms with van der Waals surface area (Å²) in [7, 11) is 1.49. The molecule has 0 amide bonds. The van der Waals surface area contributed by atoms with E-state index in [-0.39, 0.29) is 5.97 Å². The van der Waals surface area contributed by atoms with Gasteiger partial charge in [0.05, 0.1) is 7.11 Å². The lowest BCUT2D eigenvalue weighted by atomic mass is 9.91. The first kappa shape index (κ1) is 10.6. The number of fused-ring (bicyclic) bond motifs is 1. The second-order valence-electron chi connectivity index (χ2n) is 4.86. The third kappa shape index (κ3) is 1.30. The van der Waals surface area contributed by atoms with Crippen LogP contribution in [-0.4, -0.2) is 13.1 Å². The van der Waals surface area contributed by atoms with Crippen molar-refractivity contribution < 1.29 is 9.53 Å². The number of methoxy groups -OCH3 is 1. The molecule has 0 spiro atoms. The number of ether oxygens (including phenoxy) is 1. The SMILES string of the molecule is COC(=O)[C@@]1(c2ccccc2)[C@@H]2C=CCC[C@@H]21. The molecule has 0 bridgehead atoms. The summed E-state index contributed by atoms with van der Waals surface area (Å²) in [5, 5.41) is 0. The first-order valence-electron chi connectivity index (χ1n) is 6.12. The summed E-state index contributed by atoms with van der Waals surface area (Å²) in [6, 6.07) is 10.1. The van der Waals surface area contributed by atoms with E-state index < -0.39 is 5.41 Å². The van der Waals surface area contributed by atoms with Crippen molar-refractivity contribution in [1.29, 1.82) is 0 Å². The number of hydrogen-bond acceptors (Lipinski definition) is 2. The molecular formula is C15H16O2. The Kier molecular flexibility index (Phi) is 2.32. The first-order chi connectivity index (χ1) is 8.31. The maximum atomic E-state index is 12.2. The fourth-order valence-corrected chi connectivity index (χ4v) is 3.40. The Balaban J connectivity index is 2.06. The fourth-order valence-electron chi connectivity index (χ4n) is 3.40. The van der Waals surface area contributed by atoms with E-state index >= 15 is 0 Å². The van der Waals surface area contributed by atoms with Crippen molar-refractivity contribution >= 4 is 5.97 Å². The van der Waals surface area contributed by atoms with Crippen molar-refractivity contribution in [3.8, 4) is 0 Å². The number of carbonyl (C=O) groups excluding carboxylic acids is 1. The standard InChI is InChI=1S/C15H16O2/c1-17-14(16)15(11-7-3-2-4-8-11)12-9-5-6-10-13(12)15/h2-5,7-9,12-13H,6,10H2,1H3/t12-,13+,15+/m1/s1. The molecule has 1 fully saturated rings. The maximum Gasteiger partial charge on any atom is 0.317 e. The van der Waals surface area contributed by atoms with E-state index in [0.717, 1.165) is 18.4 Å². The highest BCUT2D eigenvalue weighted by Crippen LogP contribution is 2.64. The smallest absolute Gasteiger partial charge is 0.317 e. The molecular weight excluding hydrogens is 212 g/mol. The van der Waals surface area contributed by atoms with Gasteiger partial charge in [-0.1, -0.05) is 42.5 Å². The average molecular weight is 228 g/mol. The van der Waals surface area contributed by atoms with Crippen LogP contribution in [0.2, 0.25) is 0 Å². The second kappa shape index (κ2) is 3.73. The van der Waals surface area contributed by atoms with Crippen LogP contribution in [0.1, 0.15) is 18.4 Å². The number of benzene rings is 1. The van der Waals surface area contributed by atoms with E-state index in [4.69, 9.17) is 4.74 Å². The van der Waals surface area contributed by atoms with Crippen LogP contribution in [0, 0.1) is 11.8 Å². The van der Waals surface area contributed by atoms with Gasteiger partial charge in [0.15, 0.2) is 0 Å². The van der Waals surface area contributed by atoms with Crippen LogP contribution in [0.25, 0.3) is 0 Å². The predicted molar refractivity (Wildman–Crippen MR) is 65.5 cm³/mol. The molecule has 2 nitrogen and oxygen atoms in total. The van der Waals surface area contributed by atoms with Gasteiger partial charge in [0.2, 0.25) is 0 Å². The van der Waals surface area contributed by atoms with Gasteiger partial charge >= 0.3 is 5.97 Å². The zero-order chi connectivity index (χ0) is 11.9. The zero-order valence-corrected chi connectivity index (χ0v) is 9.93. The second-order valence-corrected chi connectivity index (χ2v) is 4.86. The van der Waals surface area contributed by atoms with Crippen molar-refractivity contribution in [2.24, 2.45) is 11.8 Å². The lowest BCUT2D eigenvalue weighted by Gasteiger charge is -2.15. The van der Waals surface area contributed by atoms with E-state index in [1.54, 1.807) is 0 Å². The van der Waals surface area contributed by atoms with Crippen LogP contribution >= 0.6 is 0 Å². The number of carbonyl (C=O) groups is 1. The van der Waals surface area contributed by atoms with Gasteiger partial charge in [-0.2, -0.15) is 0 Å². The Hall–Kier alpha value is -1.57. The largest absolute Gasteiger partial charge is 0.468 e. The quantitative estimate of drug-likeness (QED) is 0.574. The summed E-state index contributed by atoms with van der Waals surface area (Å²) in [4.78, 5) is 12.2. The van der Waals surface area contributed by atoms with Crippen molar-refractivity contribution in [3.63, 3.8) is 0 Å². The Labute approximate surface area is 101 Å². The van der Waals surface area contributed by atoms with Crippen molar-refractivity contribution in [2.45, 2.75) is 18.3 Å². The molecule has 2 aliphatic rings. The molecule has 3 rings (SSSR count). The Morgan fingerprint density at radius 3 is 2.71 bits per heavy atom. The summed E-state index contributed by atoms with van der Waals surface area (Å²) in [6.07, 6.45) is 6.55. The van der Waals surface area contributed by atoms with E-state index in [9.17, 15) is 4.79 Å². The molecule has 0 radical (unpaired) electrons. The maximum absolute atomic E-state index is 12.2. The van der Waals surface area contributed by atoms with Gasteiger partial charge in [-0.05, 0) is 24.3 Å². The van der Waals surface area contributed by atoms with Crippen LogP contribution in [0.5, 0.6) is 0 Å². The molecule has 1 saturated carbocycles. The topological polar surface area (TPSA) is 26.3 Å². The first-order valence-corrected chi connectivity index (χ1v) is 6.12. The highest BCUT2D eigenvalue weighted by atomic mass is 16.5. The van der Waals surface area contributed by atoms with Gasteiger partial charge in [-0.3, -0.25) is 4.79 Å². The molecule has 0 aromatic heterocycles. The molecule has 0 aliphatic heterocycles. The van der Waals surface area contributed by atoms with Crippen LogP contribution < -0.4 is 0 Å². The summed E-state index contributed by atoms with van der Waals surface area (Å²) < 4.78 is 5.05. The van der Waals surface area contributed by atoms with Gasteiger partial charge in [-0.15, -0.1) is 0 Å². The van der Waals surface area contributed by atoms with Gasteiger partial charge in [0.1, 0.15) is 5.41 Å². The molecule has 88 valence electrons. The van der Waals surface area contributed by atoms with Gasteiger partial charge in [0.25, 0.3) is 0 Å². The molecule has 0 heterocycles. The molecule has 17 heavy (non-hydrogen) atoms. The number of rotatable bonds is 2. The molecule has 2 aliphatic carbocycles. The molecule has 0 saturated heterocycles. The molecule has 2 heteroatoms. The highest BCUT2D eigenvalue weighted by molar-refractivity contribution is 5.89. The third-order valence-electron chi connectivity index (χ3n) is 4.20. The van der Waals surface area contributed by atoms with Gasteiger partial charge in [-0.25, -0.2) is 0 Å². The van der Waals surface area contributed by atoms with Crippen LogP contribution in [-0.2, 0) is 14.9 Å². The van der Waals surface area contributed by atoms with E-state index in [0.29, 0.717) is 11.8 Å². The number of hydrogen-bond donors (Lipinski definition) is 0. The summed E-state index contributed by atoms with van der Waals surface area (Å²) in [6.45, 7) is 0. The lowest BCUT2D eigenvalue weighted by molar-refractivity contribution is -0.144. The van der Waals surface area contributed by atoms with E-state index in [1.165, 1.54) is 7.11 Å². The number of allylic oxidation sites excluding steroid dienone is 2. The predicted octanol–water partition coefficient (Wildman–Crippen LogP) is 2.69. The highest BCUT2D eigenvalue weighted by Gasteiger charge is 2.69. The monoisotopic (exact) mass is 228 g/mol. The lowest BCUT2D eigenvalue weighted by Crippen LogP contribution is -2.25. The minimum absolute atomic E-state index is 0.0785. The molecule has 1 aromatic carbocycles. The van der Waals surface area contributed by atoms with E-state index in [2.05, 4.69) is 12.2 Å². The van der Waals surface area contributed by atoms with Crippen molar-refractivity contribution in [1.82, 2.24) is 0 Å². The molecule has 0 N–H and O–H groups in total. The third-order valence-corrected chi connectivity index (χ3v) is 4.20. The average Bonchev–Trinajstić information content (AvgIpc) is 3.09. The Morgan fingerprint density at radius 2 is 2.12 bits per heavy atom. The van der Waals surface area contributed by atoms with Crippen LogP contribution in [0.4, 0.5) is 0 Å². The molecule has 1 aromatic rings. The van der Waals surface area contributed by atoms with Crippen molar-refractivity contribution in [2.75, 3.05) is 7.11 Å². The zero-order valence-electron chi connectivity index (χ0n) is 9.93. The minimum atomic E-state index is -0.400. The summed E-state index contributed by atoms with van der Waals surface area (Å²) >= 11 is 0.